The van der Waals surface area contributed by atoms with Gasteiger partial charge in [0.05, 0.1) is 12.3 Å². The lowest BCUT2D eigenvalue weighted by Crippen LogP contribution is -2.21. The molecule has 0 spiro atoms. The van der Waals surface area contributed by atoms with E-state index in [1.807, 2.05) is 38.1 Å². The fourth-order valence-electron chi connectivity index (χ4n) is 2.88. The Morgan fingerprint density at radius 1 is 1.29 bits per heavy atom. The van der Waals surface area contributed by atoms with Crippen LogP contribution in [0.1, 0.15) is 54.0 Å². The van der Waals surface area contributed by atoms with Gasteiger partial charge in [0.25, 0.3) is 5.91 Å². The topological polar surface area (TPSA) is 79.4 Å². The summed E-state index contributed by atoms with van der Waals surface area (Å²) >= 11 is 0. The molecule has 2 N–H and O–H groups in total. The molecular weight excluding hydrogens is 304 g/mol. The molecule has 0 unspecified atom stereocenters. The molecule has 1 aliphatic carbocycles. The van der Waals surface area contributed by atoms with E-state index in [4.69, 9.17) is 4.74 Å². The van der Waals surface area contributed by atoms with E-state index in [0.29, 0.717) is 12.3 Å². The minimum Gasteiger partial charge on any atom is -0.494 e. The molecule has 0 atom stereocenters. The van der Waals surface area contributed by atoms with Gasteiger partial charge in [-0.1, -0.05) is 0 Å². The number of H-pyrrole nitrogens is 1. The van der Waals surface area contributed by atoms with Crippen LogP contribution in [0.2, 0.25) is 0 Å². The van der Waals surface area contributed by atoms with Gasteiger partial charge in [-0.05, 0) is 69.4 Å². The van der Waals surface area contributed by atoms with Crippen molar-refractivity contribution in [2.24, 2.45) is 5.10 Å². The van der Waals surface area contributed by atoms with E-state index in [1.54, 1.807) is 0 Å². The second kappa shape index (κ2) is 7.29. The number of fused-ring (bicyclic) bond motifs is 1. The van der Waals surface area contributed by atoms with Gasteiger partial charge in [-0.2, -0.15) is 10.2 Å². The van der Waals surface area contributed by atoms with Gasteiger partial charge in [0.1, 0.15) is 5.75 Å². The van der Waals surface area contributed by atoms with Crippen LogP contribution in [0.25, 0.3) is 0 Å². The largest absolute Gasteiger partial charge is 0.494 e. The third-order valence-corrected chi connectivity index (χ3v) is 4.18. The lowest BCUT2D eigenvalue weighted by Gasteiger charge is -2.10. The predicted octanol–water partition coefficient (Wildman–Crippen LogP) is 2.84. The summed E-state index contributed by atoms with van der Waals surface area (Å²) < 4.78 is 5.42. The first-order valence-electron chi connectivity index (χ1n) is 8.33. The molecule has 2 aromatic rings. The van der Waals surface area contributed by atoms with Crippen molar-refractivity contribution in [1.29, 1.82) is 0 Å². The molecule has 1 aromatic heterocycles. The Balaban J connectivity index is 1.68. The molecule has 1 aliphatic rings. The number of hydrogen-bond donors (Lipinski definition) is 2. The number of carbonyl (C=O) groups excluding carboxylic acids is 1. The number of aromatic amines is 1. The van der Waals surface area contributed by atoms with Crippen LogP contribution < -0.4 is 10.2 Å². The zero-order chi connectivity index (χ0) is 16.9. The molecule has 0 fully saturated rings. The van der Waals surface area contributed by atoms with Gasteiger partial charge in [-0.25, -0.2) is 5.43 Å². The van der Waals surface area contributed by atoms with Crippen molar-refractivity contribution in [3.05, 3.63) is 46.8 Å². The zero-order valence-corrected chi connectivity index (χ0v) is 14.1. The molecule has 0 radical (unpaired) electrons. The van der Waals surface area contributed by atoms with Gasteiger partial charge in [0, 0.05) is 11.3 Å². The summed E-state index contributed by atoms with van der Waals surface area (Å²) in [5.41, 5.74) is 6.86. The van der Waals surface area contributed by atoms with Crippen LogP contribution in [0.4, 0.5) is 0 Å². The predicted molar refractivity (Wildman–Crippen MR) is 92.5 cm³/mol. The number of nitrogens with zero attached hydrogens (tertiary/aromatic N) is 2. The van der Waals surface area contributed by atoms with Crippen molar-refractivity contribution in [3.63, 3.8) is 0 Å². The molecule has 0 saturated heterocycles. The first kappa shape index (κ1) is 16.2. The maximum Gasteiger partial charge on any atom is 0.292 e. The average Bonchev–Trinajstić information content (AvgIpc) is 3.04. The van der Waals surface area contributed by atoms with Gasteiger partial charge in [-0.15, -0.1) is 0 Å². The number of aromatic nitrogens is 2. The summed E-state index contributed by atoms with van der Waals surface area (Å²) in [6.45, 7) is 4.44. The third-order valence-electron chi connectivity index (χ3n) is 4.18. The Hall–Kier alpha value is -2.63. The summed E-state index contributed by atoms with van der Waals surface area (Å²) in [6, 6.07) is 7.63. The summed E-state index contributed by atoms with van der Waals surface area (Å²) in [5.74, 6) is 0.556. The van der Waals surface area contributed by atoms with E-state index in [0.717, 1.165) is 54.0 Å². The van der Waals surface area contributed by atoms with Crippen molar-refractivity contribution < 1.29 is 9.53 Å². The average molecular weight is 326 g/mol. The van der Waals surface area contributed by atoms with Crippen LogP contribution in [0.15, 0.2) is 29.4 Å². The third kappa shape index (κ3) is 3.48. The quantitative estimate of drug-likeness (QED) is 0.655. The van der Waals surface area contributed by atoms with E-state index in [2.05, 4.69) is 20.7 Å². The van der Waals surface area contributed by atoms with E-state index < -0.39 is 0 Å². The Labute approximate surface area is 141 Å². The molecule has 3 rings (SSSR count). The molecule has 24 heavy (non-hydrogen) atoms. The van der Waals surface area contributed by atoms with Crippen LogP contribution in [0.3, 0.4) is 0 Å². The lowest BCUT2D eigenvalue weighted by molar-refractivity contribution is 0.0948. The van der Waals surface area contributed by atoms with Crippen LogP contribution >= 0.6 is 0 Å². The summed E-state index contributed by atoms with van der Waals surface area (Å²) in [6.07, 6.45) is 4.10. The van der Waals surface area contributed by atoms with Crippen LogP contribution in [0, 0.1) is 0 Å². The van der Waals surface area contributed by atoms with E-state index in [9.17, 15) is 4.79 Å². The normalized spacial score (nSPS) is 14.2. The Kier molecular flexibility index (Phi) is 4.93. The van der Waals surface area contributed by atoms with Gasteiger partial charge >= 0.3 is 0 Å². The highest BCUT2D eigenvalue weighted by Crippen LogP contribution is 2.22. The second-order valence-electron chi connectivity index (χ2n) is 5.83. The fourth-order valence-corrected chi connectivity index (χ4v) is 2.88. The molecule has 1 aromatic carbocycles. The maximum atomic E-state index is 12.3. The highest BCUT2D eigenvalue weighted by molar-refractivity contribution is 6.00. The smallest absolute Gasteiger partial charge is 0.292 e. The van der Waals surface area contributed by atoms with Gasteiger partial charge in [0.15, 0.2) is 5.69 Å². The first-order valence-corrected chi connectivity index (χ1v) is 8.33. The van der Waals surface area contributed by atoms with Crippen molar-refractivity contribution in [2.45, 2.75) is 39.5 Å². The lowest BCUT2D eigenvalue weighted by atomic mass is 9.96. The van der Waals surface area contributed by atoms with Crippen molar-refractivity contribution in [3.8, 4) is 5.75 Å². The molecule has 1 heterocycles. The van der Waals surface area contributed by atoms with Crippen molar-refractivity contribution in [2.75, 3.05) is 6.61 Å². The molecule has 0 aliphatic heterocycles. The fraction of sp³-hybridized carbons (Fsp3) is 0.389. The van der Waals surface area contributed by atoms with Gasteiger partial charge < -0.3 is 4.74 Å². The van der Waals surface area contributed by atoms with Gasteiger partial charge in [-0.3, -0.25) is 9.89 Å². The molecule has 1 amide bonds. The van der Waals surface area contributed by atoms with Crippen molar-refractivity contribution >= 4 is 11.6 Å². The Morgan fingerprint density at radius 2 is 2.04 bits per heavy atom. The number of carbonyl (C=O) groups is 1. The second-order valence-corrected chi connectivity index (χ2v) is 5.83. The van der Waals surface area contributed by atoms with E-state index in [-0.39, 0.29) is 5.91 Å². The number of aryl methyl sites for hydroxylation is 1. The monoisotopic (exact) mass is 326 g/mol. The molecule has 0 saturated carbocycles. The first-order chi connectivity index (χ1) is 11.7. The van der Waals surface area contributed by atoms with Crippen LogP contribution in [0.5, 0.6) is 5.75 Å². The molecule has 126 valence electrons. The number of ether oxygens (including phenoxy) is 1. The highest BCUT2D eigenvalue weighted by Gasteiger charge is 2.21. The SMILES string of the molecule is CCOc1ccc(/C(C)=N\NC(=O)c2n[nH]c3c2CCCC3)cc1. The number of rotatable bonds is 5. The number of hydrazone groups is 1. The molecule has 0 bridgehead atoms. The number of amides is 1. The molecule has 6 heteroatoms. The van der Waals surface area contributed by atoms with Gasteiger partial charge in [0.2, 0.25) is 0 Å². The maximum absolute atomic E-state index is 12.3. The number of hydrogen-bond acceptors (Lipinski definition) is 4. The highest BCUT2D eigenvalue weighted by atomic mass is 16.5. The van der Waals surface area contributed by atoms with Crippen LogP contribution in [-0.2, 0) is 12.8 Å². The summed E-state index contributed by atoms with van der Waals surface area (Å²) in [4.78, 5) is 12.3. The van der Waals surface area contributed by atoms with Crippen LogP contribution in [-0.4, -0.2) is 28.4 Å². The minimum atomic E-state index is -0.264. The number of benzene rings is 1. The molecular formula is C18H22N4O2. The zero-order valence-electron chi connectivity index (χ0n) is 14.1. The minimum absolute atomic E-state index is 0.264. The Morgan fingerprint density at radius 3 is 2.79 bits per heavy atom. The molecule has 6 nitrogen and oxygen atoms in total. The number of nitrogens with one attached hydrogen (secondary N) is 2. The van der Waals surface area contributed by atoms with Crippen molar-refractivity contribution in [1.82, 2.24) is 15.6 Å². The van der Waals surface area contributed by atoms with E-state index >= 15 is 0 Å². The van der Waals surface area contributed by atoms with E-state index in [1.165, 1.54) is 0 Å². The standard InChI is InChI=1S/C18H22N4O2/c1-3-24-14-10-8-13(9-11-14)12(2)19-22-18(23)17-15-6-4-5-7-16(15)20-21-17/h8-11H,3-7H2,1-2H3,(H,20,21)(H,22,23)/b19-12-. The summed E-state index contributed by atoms with van der Waals surface area (Å²) in [5, 5.41) is 11.3. The Bertz CT molecular complexity index is 747. The summed E-state index contributed by atoms with van der Waals surface area (Å²) in [7, 11) is 0.